The van der Waals surface area contributed by atoms with Crippen LogP contribution in [0.1, 0.15) is 36.4 Å². The second kappa shape index (κ2) is 6.01. The first kappa shape index (κ1) is 15.3. The van der Waals surface area contributed by atoms with Gasteiger partial charge in [0.1, 0.15) is 22.8 Å². The third-order valence-electron chi connectivity index (χ3n) is 4.62. The number of thiophene rings is 1. The maximum absolute atomic E-state index is 11.9. The number of aryl methyl sites for hydroxylation is 1. The number of hydrogen-bond acceptors (Lipinski definition) is 6. The molecule has 1 fully saturated rings. The van der Waals surface area contributed by atoms with Crippen LogP contribution in [-0.4, -0.2) is 37.8 Å². The number of H-pyrrole nitrogens is 1. The van der Waals surface area contributed by atoms with Crippen molar-refractivity contribution in [3.8, 4) is 0 Å². The lowest BCUT2D eigenvalue weighted by Crippen LogP contribution is -2.36. The molecule has 1 saturated heterocycles. The molecule has 0 saturated carbocycles. The van der Waals surface area contributed by atoms with Crippen molar-refractivity contribution in [3.05, 3.63) is 33.6 Å². The number of nitrogens with one attached hydrogen (secondary N) is 1. The smallest absolute Gasteiger partial charge is 0.343 e. The molecule has 0 spiro atoms. The quantitative estimate of drug-likeness (QED) is 0.788. The topological polar surface area (TPSA) is 79.7 Å². The Balaban J connectivity index is 1.68. The second-order valence-corrected chi connectivity index (χ2v) is 7.42. The van der Waals surface area contributed by atoms with Crippen LogP contribution in [0.15, 0.2) is 17.2 Å². The Morgan fingerprint density at radius 3 is 3.12 bits per heavy atom. The molecular formula is C16H20N6OS. The molecule has 3 aromatic heterocycles. The maximum Gasteiger partial charge on any atom is 0.343 e. The fourth-order valence-electron chi connectivity index (χ4n) is 3.54. The van der Waals surface area contributed by atoms with Crippen LogP contribution in [-0.2, 0) is 6.54 Å². The van der Waals surface area contributed by atoms with Crippen molar-refractivity contribution in [2.45, 2.75) is 39.2 Å². The van der Waals surface area contributed by atoms with E-state index in [1.807, 2.05) is 6.92 Å². The number of aromatic amines is 1. The van der Waals surface area contributed by atoms with Gasteiger partial charge in [-0.05, 0) is 32.8 Å². The first-order chi connectivity index (χ1) is 11.7. The fourth-order valence-corrected chi connectivity index (χ4v) is 4.38. The van der Waals surface area contributed by atoms with Crippen LogP contribution >= 0.6 is 11.3 Å². The molecule has 3 aromatic rings. The van der Waals surface area contributed by atoms with Crippen LogP contribution in [0.5, 0.6) is 0 Å². The molecule has 24 heavy (non-hydrogen) atoms. The highest BCUT2D eigenvalue weighted by atomic mass is 32.1. The van der Waals surface area contributed by atoms with E-state index < -0.39 is 0 Å². The van der Waals surface area contributed by atoms with E-state index in [4.69, 9.17) is 0 Å². The van der Waals surface area contributed by atoms with E-state index in [0.717, 1.165) is 47.8 Å². The molecule has 0 bridgehead atoms. The van der Waals surface area contributed by atoms with Gasteiger partial charge in [-0.3, -0.25) is 4.57 Å². The SMILES string of the molecule is CCn1c(C2CCCN(c3ncnc4sc(C)cc34)C2)n[nH]c1=O. The summed E-state index contributed by atoms with van der Waals surface area (Å²) in [6.07, 6.45) is 3.75. The molecule has 4 rings (SSSR count). The number of anilines is 1. The van der Waals surface area contributed by atoms with Crippen molar-refractivity contribution in [2.24, 2.45) is 0 Å². The van der Waals surface area contributed by atoms with E-state index >= 15 is 0 Å². The van der Waals surface area contributed by atoms with Gasteiger partial charge in [0.05, 0.1) is 5.39 Å². The van der Waals surface area contributed by atoms with Crippen LogP contribution in [0, 0.1) is 6.92 Å². The molecule has 8 heteroatoms. The van der Waals surface area contributed by atoms with E-state index in [2.05, 4.69) is 38.1 Å². The van der Waals surface area contributed by atoms with Crippen molar-refractivity contribution >= 4 is 27.4 Å². The van der Waals surface area contributed by atoms with Crippen LogP contribution < -0.4 is 10.6 Å². The molecule has 126 valence electrons. The predicted octanol–water partition coefficient (Wildman–Crippen LogP) is 2.29. The van der Waals surface area contributed by atoms with E-state index in [1.165, 1.54) is 4.88 Å². The van der Waals surface area contributed by atoms with Crippen molar-refractivity contribution in [2.75, 3.05) is 18.0 Å². The van der Waals surface area contributed by atoms with Crippen LogP contribution in [0.4, 0.5) is 5.82 Å². The zero-order chi connectivity index (χ0) is 16.7. The summed E-state index contributed by atoms with van der Waals surface area (Å²) in [6.45, 7) is 6.51. The highest BCUT2D eigenvalue weighted by molar-refractivity contribution is 7.18. The lowest BCUT2D eigenvalue weighted by atomic mass is 9.97. The lowest BCUT2D eigenvalue weighted by molar-refractivity contribution is 0.470. The van der Waals surface area contributed by atoms with E-state index in [-0.39, 0.29) is 11.6 Å². The number of fused-ring (bicyclic) bond motifs is 1. The number of nitrogens with zero attached hydrogens (tertiary/aromatic N) is 5. The summed E-state index contributed by atoms with van der Waals surface area (Å²) < 4.78 is 1.73. The van der Waals surface area contributed by atoms with Crippen LogP contribution in [0.2, 0.25) is 0 Å². The highest BCUT2D eigenvalue weighted by Gasteiger charge is 2.27. The normalized spacial score (nSPS) is 18.4. The molecule has 0 amide bonds. The van der Waals surface area contributed by atoms with Crippen molar-refractivity contribution in [1.29, 1.82) is 0 Å². The molecule has 1 atom stereocenters. The van der Waals surface area contributed by atoms with Gasteiger partial charge in [0, 0.05) is 30.4 Å². The number of rotatable bonds is 3. The molecule has 7 nitrogen and oxygen atoms in total. The molecule has 0 aromatic carbocycles. The summed E-state index contributed by atoms with van der Waals surface area (Å²) in [6, 6.07) is 2.16. The summed E-state index contributed by atoms with van der Waals surface area (Å²) in [5, 5.41) is 7.98. The van der Waals surface area contributed by atoms with Gasteiger partial charge in [0.25, 0.3) is 0 Å². The predicted molar refractivity (Wildman–Crippen MR) is 94.9 cm³/mol. The first-order valence-corrected chi connectivity index (χ1v) is 9.10. The Hall–Kier alpha value is -2.22. The lowest BCUT2D eigenvalue weighted by Gasteiger charge is -2.33. The zero-order valence-electron chi connectivity index (χ0n) is 13.8. The summed E-state index contributed by atoms with van der Waals surface area (Å²) >= 11 is 1.70. The van der Waals surface area contributed by atoms with E-state index in [0.29, 0.717) is 6.54 Å². The monoisotopic (exact) mass is 344 g/mol. The average Bonchev–Trinajstić information content (AvgIpc) is 3.15. The molecule has 0 aliphatic carbocycles. The van der Waals surface area contributed by atoms with Crippen molar-refractivity contribution < 1.29 is 0 Å². The van der Waals surface area contributed by atoms with Crippen molar-refractivity contribution in [1.82, 2.24) is 24.7 Å². The van der Waals surface area contributed by atoms with Gasteiger partial charge < -0.3 is 4.90 Å². The Morgan fingerprint density at radius 1 is 1.42 bits per heavy atom. The molecule has 4 heterocycles. The van der Waals surface area contributed by atoms with Gasteiger partial charge in [-0.1, -0.05) is 0 Å². The first-order valence-electron chi connectivity index (χ1n) is 8.28. The maximum atomic E-state index is 11.9. The Morgan fingerprint density at radius 2 is 2.29 bits per heavy atom. The number of hydrogen-bond donors (Lipinski definition) is 1. The fraction of sp³-hybridized carbons (Fsp3) is 0.500. The summed E-state index contributed by atoms with van der Waals surface area (Å²) in [4.78, 5) is 25.4. The van der Waals surface area contributed by atoms with E-state index in [1.54, 1.807) is 22.2 Å². The zero-order valence-corrected chi connectivity index (χ0v) is 14.6. The number of aromatic nitrogens is 5. The molecular weight excluding hydrogens is 324 g/mol. The van der Waals surface area contributed by atoms with Crippen LogP contribution in [0.25, 0.3) is 10.2 Å². The minimum atomic E-state index is -0.123. The third kappa shape index (κ3) is 2.50. The van der Waals surface area contributed by atoms with Gasteiger partial charge >= 0.3 is 5.69 Å². The van der Waals surface area contributed by atoms with E-state index in [9.17, 15) is 4.79 Å². The Labute approximate surface area is 143 Å². The average molecular weight is 344 g/mol. The molecule has 1 aliphatic heterocycles. The summed E-state index contributed by atoms with van der Waals surface area (Å²) in [5.41, 5.74) is -0.123. The summed E-state index contributed by atoms with van der Waals surface area (Å²) in [5.74, 6) is 2.09. The standard InChI is InChI=1S/C16H20N6OS/c1-3-22-13(19-20-16(22)23)11-5-4-6-21(8-11)14-12-7-10(2)24-15(12)18-9-17-14/h7,9,11H,3-6,8H2,1-2H3,(H,20,23). The highest BCUT2D eigenvalue weighted by Crippen LogP contribution is 2.33. The third-order valence-corrected chi connectivity index (χ3v) is 5.58. The molecule has 1 aliphatic rings. The van der Waals surface area contributed by atoms with Gasteiger partial charge in [0.15, 0.2) is 0 Å². The molecule has 0 radical (unpaired) electrons. The van der Waals surface area contributed by atoms with Crippen molar-refractivity contribution in [3.63, 3.8) is 0 Å². The minimum absolute atomic E-state index is 0.123. The molecule has 1 N–H and O–H groups in total. The van der Waals surface area contributed by atoms with Gasteiger partial charge in [-0.15, -0.1) is 11.3 Å². The van der Waals surface area contributed by atoms with Gasteiger partial charge in [0.2, 0.25) is 0 Å². The van der Waals surface area contributed by atoms with Crippen LogP contribution in [0.3, 0.4) is 0 Å². The Kier molecular flexibility index (Phi) is 3.84. The second-order valence-electron chi connectivity index (χ2n) is 6.19. The van der Waals surface area contributed by atoms with Gasteiger partial charge in [-0.25, -0.2) is 19.9 Å². The molecule has 1 unspecified atom stereocenters. The number of piperidine rings is 1. The Bertz CT molecular complexity index is 926. The summed E-state index contributed by atoms with van der Waals surface area (Å²) in [7, 11) is 0. The minimum Gasteiger partial charge on any atom is -0.355 e. The van der Waals surface area contributed by atoms with Gasteiger partial charge in [-0.2, -0.15) is 5.10 Å². The largest absolute Gasteiger partial charge is 0.355 e.